The number of rotatable bonds is 3. The van der Waals surface area contributed by atoms with Crippen LogP contribution >= 0.6 is 15.9 Å². The van der Waals surface area contributed by atoms with Gasteiger partial charge >= 0.3 is 0 Å². The van der Waals surface area contributed by atoms with E-state index in [0.717, 1.165) is 22.5 Å². The van der Waals surface area contributed by atoms with E-state index in [9.17, 15) is 0 Å². The Morgan fingerprint density at radius 3 is 2.78 bits per heavy atom. The molecule has 116 valence electrons. The van der Waals surface area contributed by atoms with Crippen LogP contribution in [0.1, 0.15) is 24.3 Å². The first-order chi connectivity index (χ1) is 11.2. The van der Waals surface area contributed by atoms with Gasteiger partial charge in [-0.05, 0) is 51.0 Å². The smallest absolute Gasteiger partial charge is 0.251 e. The van der Waals surface area contributed by atoms with Crippen molar-refractivity contribution in [2.75, 3.05) is 4.90 Å². The van der Waals surface area contributed by atoms with Crippen LogP contribution in [0.4, 0.5) is 5.95 Å². The molecule has 1 aromatic carbocycles. The Morgan fingerprint density at radius 1 is 1.22 bits per heavy atom. The van der Waals surface area contributed by atoms with E-state index in [2.05, 4.69) is 61.5 Å². The van der Waals surface area contributed by atoms with Gasteiger partial charge in [-0.2, -0.15) is 4.68 Å². The molecule has 1 unspecified atom stereocenters. The molecule has 0 spiro atoms. The Morgan fingerprint density at radius 2 is 2.04 bits per heavy atom. The fourth-order valence-electron chi connectivity index (χ4n) is 2.76. The van der Waals surface area contributed by atoms with Gasteiger partial charge in [-0.3, -0.25) is 0 Å². The maximum Gasteiger partial charge on any atom is 0.251 e. The Hall–Kier alpha value is -2.41. The van der Waals surface area contributed by atoms with E-state index < -0.39 is 0 Å². The molecule has 7 heteroatoms. The number of furan rings is 1. The molecule has 23 heavy (non-hydrogen) atoms. The number of allylic oxidation sites excluding steroid dienone is 2. The van der Waals surface area contributed by atoms with Crippen molar-refractivity contribution in [3.63, 3.8) is 0 Å². The van der Waals surface area contributed by atoms with Gasteiger partial charge in [-0.25, -0.2) is 0 Å². The Balaban J connectivity index is 1.74. The van der Waals surface area contributed by atoms with Crippen molar-refractivity contribution in [3.05, 3.63) is 70.2 Å². The Kier molecular flexibility index (Phi) is 3.49. The van der Waals surface area contributed by atoms with Gasteiger partial charge in [0.25, 0.3) is 5.95 Å². The van der Waals surface area contributed by atoms with Crippen LogP contribution in [0.15, 0.2) is 63.3 Å². The zero-order valence-corrected chi connectivity index (χ0v) is 14.0. The highest BCUT2D eigenvalue weighted by atomic mass is 79.9. The number of nitrogens with zero attached hydrogens (tertiary/aromatic N) is 5. The number of fused-ring (bicyclic) bond motifs is 1. The number of benzene rings is 1. The molecule has 3 aromatic rings. The highest BCUT2D eigenvalue weighted by Gasteiger charge is 2.30. The van der Waals surface area contributed by atoms with Gasteiger partial charge < -0.3 is 9.32 Å². The highest BCUT2D eigenvalue weighted by molar-refractivity contribution is 9.10. The van der Waals surface area contributed by atoms with E-state index in [1.54, 1.807) is 10.9 Å². The molecule has 0 radical (unpaired) electrons. The Labute approximate surface area is 141 Å². The normalized spacial score (nSPS) is 17.0. The number of hydrogen-bond acceptors (Lipinski definition) is 5. The summed E-state index contributed by atoms with van der Waals surface area (Å²) in [6.45, 7) is 2.78. The highest BCUT2D eigenvalue weighted by Crippen LogP contribution is 2.35. The van der Waals surface area contributed by atoms with Crippen LogP contribution in [0.5, 0.6) is 0 Å². The molecule has 2 aromatic heterocycles. The molecule has 0 saturated carbocycles. The molecule has 1 atom stereocenters. The van der Waals surface area contributed by atoms with E-state index in [4.69, 9.17) is 4.42 Å². The van der Waals surface area contributed by atoms with E-state index >= 15 is 0 Å². The van der Waals surface area contributed by atoms with Crippen LogP contribution in [-0.4, -0.2) is 20.2 Å². The molecule has 0 saturated heterocycles. The summed E-state index contributed by atoms with van der Waals surface area (Å²) in [5, 5.41) is 12.2. The second kappa shape index (κ2) is 5.66. The summed E-state index contributed by atoms with van der Waals surface area (Å²) in [7, 11) is 0. The monoisotopic (exact) mass is 371 g/mol. The van der Waals surface area contributed by atoms with Gasteiger partial charge in [-0.15, -0.1) is 0 Å². The molecule has 1 aliphatic rings. The van der Waals surface area contributed by atoms with Crippen LogP contribution in [0.25, 0.3) is 0 Å². The summed E-state index contributed by atoms with van der Waals surface area (Å²) in [4.78, 5) is 2.10. The summed E-state index contributed by atoms with van der Waals surface area (Å²) < 4.78 is 8.29. The molecule has 6 nitrogen and oxygen atoms in total. The fourth-order valence-corrected chi connectivity index (χ4v) is 3.19. The van der Waals surface area contributed by atoms with Crippen LogP contribution in [0.3, 0.4) is 0 Å². The van der Waals surface area contributed by atoms with Crippen molar-refractivity contribution in [1.29, 1.82) is 0 Å². The lowest BCUT2D eigenvalue weighted by molar-refractivity contribution is 0.432. The molecule has 0 aliphatic carbocycles. The first-order valence-electron chi connectivity index (χ1n) is 7.24. The first kappa shape index (κ1) is 14.2. The van der Waals surface area contributed by atoms with Gasteiger partial charge in [-0.1, -0.05) is 35.4 Å². The number of aromatic nitrogens is 4. The standard InChI is InChI=1S/C16H14BrN5O/c1-11-9-14(15-13(17)7-8-23-15)22-16(18-19-20-22)21(11)10-12-5-3-2-4-6-12/h2-9,14H,10H2,1H3. The third kappa shape index (κ3) is 2.46. The predicted molar refractivity (Wildman–Crippen MR) is 88.7 cm³/mol. The Bertz CT molecular complexity index is 854. The molecule has 0 amide bonds. The second-order valence-corrected chi connectivity index (χ2v) is 6.24. The topological polar surface area (TPSA) is 60.0 Å². The average Bonchev–Trinajstić information content (AvgIpc) is 3.20. The summed E-state index contributed by atoms with van der Waals surface area (Å²) in [6, 6.07) is 12.0. The molecule has 0 N–H and O–H groups in total. The minimum absolute atomic E-state index is 0.156. The molecular formula is C16H14BrN5O. The van der Waals surface area contributed by atoms with Crippen molar-refractivity contribution in [2.45, 2.75) is 19.5 Å². The van der Waals surface area contributed by atoms with Crippen LogP contribution in [-0.2, 0) is 6.54 Å². The second-order valence-electron chi connectivity index (χ2n) is 5.38. The van der Waals surface area contributed by atoms with E-state index in [1.807, 2.05) is 24.3 Å². The van der Waals surface area contributed by atoms with Crippen molar-refractivity contribution >= 4 is 21.9 Å². The molecule has 4 rings (SSSR count). The quantitative estimate of drug-likeness (QED) is 0.704. The summed E-state index contributed by atoms with van der Waals surface area (Å²) in [5.41, 5.74) is 2.29. The minimum atomic E-state index is -0.156. The number of halogens is 1. The van der Waals surface area contributed by atoms with Gasteiger partial charge in [0.2, 0.25) is 0 Å². The van der Waals surface area contributed by atoms with Crippen LogP contribution in [0.2, 0.25) is 0 Å². The van der Waals surface area contributed by atoms with Crippen LogP contribution < -0.4 is 4.90 Å². The van der Waals surface area contributed by atoms with Crippen LogP contribution in [0, 0.1) is 0 Å². The number of tetrazole rings is 1. The zero-order chi connectivity index (χ0) is 15.8. The minimum Gasteiger partial charge on any atom is -0.465 e. The lowest BCUT2D eigenvalue weighted by Gasteiger charge is -2.30. The molecule has 1 aliphatic heterocycles. The van der Waals surface area contributed by atoms with Gasteiger partial charge in [0, 0.05) is 5.70 Å². The van der Waals surface area contributed by atoms with Gasteiger partial charge in [0.1, 0.15) is 11.8 Å². The van der Waals surface area contributed by atoms with E-state index in [1.165, 1.54) is 5.56 Å². The lowest BCUT2D eigenvalue weighted by Crippen LogP contribution is -2.30. The molecule has 3 heterocycles. The number of anilines is 1. The van der Waals surface area contributed by atoms with Gasteiger partial charge in [0.15, 0.2) is 0 Å². The molecule has 0 fully saturated rings. The first-order valence-corrected chi connectivity index (χ1v) is 8.04. The molecule has 0 bridgehead atoms. The molecular weight excluding hydrogens is 358 g/mol. The third-order valence-electron chi connectivity index (χ3n) is 3.90. The lowest BCUT2D eigenvalue weighted by atomic mass is 10.1. The van der Waals surface area contributed by atoms with Crippen molar-refractivity contribution in [3.8, 4) is 0 Å². The number of hydrogen-bond donors (Lipinski definition) is 0. The fraction of sp³-hybridized carbons (Fsp3) is 0.188. The zero-order valence-electron chi connectivity index (χ0n) is 12.4. The van der Waals surface area contributed by atoms with E-state index in [0.29, 0.717) is 5.95 Å². The summed E-state index contributed by atoms with van der Waals surface area (Å²) >= 11 is 3.51. The third-order valence-corrected chi connectivity index (χ3v) is 4.56. The maximum atomic E-state index is 5.61. The SMILES string of the molecule is CC1=CC(c2occc2Br)n2nnnc2N1Cc1ccccc1. The largest absolute Gasteiger partial charge is 0.465 e. The average molecular weight is 372 g/mol. The maximum absolute atomic E-state index is 5.61. The van der Waals surface area contributed by atoms with Crippen molar-refractivity contribution < 1.29 is 4.42 Å². The predicted octanol–water partition coefficient (Wildman–Crippen LogP) is 3.54. The summed E-state index contributed by atoms with van der Waals surface area (Å²) in [5.74, 6) is 1.50. The summed E-state index contributed by atoms with van der Waals surface area (Å²) in [6.07, 6.45) is 3.76. The van der Waals surface area contributed by atoms with Gasteiger partial charge in [0.05, 0.1) is 17.3 Å². The van der Waals surface area contributed by atoms with Crippen molar-refractivity contribution in [2.24, 2.45) is 0 Å². The van der Waals surface area contributed by atoms with E-state index in [-0.39, 0.29) is 6.04 Å². The van der Waals surface area contributed by atoms with Crippen molar-refractivity contribution in [1.82, 2.24) is 20.2 Å².